The Labute approximate surface area is 106 Å². The van der Waals surface area contributed by atoms with Gasteiger partial charge in [0.1, 0.15) is 12.6 Å². The average Bonchev–Trinajstić information content (AvgIpc) is 2.33. The summed E-state index contributed by atoms with van der Waals surface area (Å²) in [4.78, 5) is 11.5. The third-order valence-electron chi connectivity index (χ3n) is 2.24. The molecule has 6 nitrogen and oxygen atoms in total. The van der Waals surface area contributed by atoms with Gasteiger partial charge in [0.05, 0.1) is 5.75 Å². The summed E-state index contributed by atoms with van der Waals surface area (Å²) >= 11 is 0. The topological polar surface area (TPSA) is 112 Å². The number of ether oxygens (including phenoxy) is 1. The molecule has 1 atom stereocenters. The zero-order chi connectivity index (χ0) is 13.6. The Bertz CT molecular complexity index is 487. The molecular weight excluding hydrogens is 256 g/mol. The smallest absolute Gasteiger partial charge is 0.323 e. The van der Waals surface area contributed by atoms with Crippen molar-refractivity contribution in [2.24, 2.45) is 10.9 Å². The molecule has 0 aromatic heterocycles. The number of hydrogen-bond acceptors (Lipinski definition) is 5. The summed E-state index contributed by atoms with van der Waals surface area (Å²) in [5.41, 5.74) is 6.33. The molecule has 0 spiro atoms. The molecule has 0 aliphatic carbocycles. The Morgan fingerprint density at radius 2 is 1.89 bits per heavy atom. The predicted molar refractivity (Wildman–Crippen MR) is 66.8 cm³/mol. The molecule has 1 aromatic rings. The number of carbonyl (C=O) groups excluding carboxylic acids is 1. The molecule has 4 N–H and O–H groups in total. The quantitative estimate of drug-likeness (QED) is 0.692. The molecule has 0 saturated heterocycles. The molecular formula is C11H16N2O4S. The predicted octanol–water partition coefficient (Wildman–Crippen LogP) is -0.264. The van der Waals surface area contributed by atoms with E-state index < -0.39 is 22.0 Å². The van der Waals surface area contributed by atoms with Crippen LogP contribution in [0.2, 0.25) is 0 Å². The van der Waals surface area contributed by atoms with Gasteiger partial charge in [-0.2, -0.15) is 0 Å². The van der Waals surface area contributed by atoms with Crippen LogP contribution in [0.4, 0.5) is 0 Å². The summed E-state index contributed by atoms with van der Waals surface area (Å²) < 4.78 is 26.4. The lowest BCUT2D eigenvalue weighted by molar-refractivity contribution is -0.146. The Balaban J connectivity index is 2.37. The van der Waals surface area contributed by atoms with E-state index in [0.29, 0.717) is 0 Å². The van der Waals surface area contributed by atoms with Crippen LogP contribution < -0.4 is 10.9 Å². The molecule has 0 bridgehead atoms. The highest BCUT2D eigenvalue weighted by atomic mass is 32.2. The summed E-state index contributed by atoms with van der Waals surface area (Å²) in [6, 6.07) is 8.14. The van der Waals surface area contributed by atoms with Gasteiger partial charge < -0.3 is 10.5 Å². The number of esters is 1. The lowest BCUT2D eigenvalue weighted by Gasteiger charge is -2.10. The van der Waals surface area contributed by atoms with Crippen LogP contribution in [0.3, 0.4) is 0 Å². The fourth-order valence-corrected chi connectivity index (χ4v) is 1.83. The maximum Gasteiger partial charge on any atom is 0.323 e. The summed E-state index contributed by atoms with van der Waals surface area (Å²) in [6.07, 6.45) is -0.0492. The first-order valence-corrected chi connectivity index (χ1v) is 7.06. The van der Waals surface area contributed by atoms with Gasteiger partial charge in [0.2, 0.25) is 10.0 Å². The molecule has 7 heteroatoms. The molecule has 100 valence electrons. The van der Waals surface area contributed by atoms with Crippen LogP contribution in [0.15, 0.2) is 30.3 Å². The summed E-state index contributed by atoms with van der Waals surface area (Å²) in [5.74, 6) is -0.975. The summed E-state index contributed by atoms with van der Waals surface area (Å²) in [7, 11) is -3.61. The van der Waals surface area contributed by atoms with Crippen molar-refractivity contribution in [3.05, 3.63) is 35.9 Å². The maximum atomic E-state index is 11.5. The van der Waals surface area contributed by atoms with E-state index in [4.69, 9.17) is 15.6 Å². The first kappa shape index (κ1) is 14.6. The molecule has 0 amide bonds. The van der Waals surface area contributed by atoms with Gasteiger partial charge in [-0.25, -0.2) is 13.6 Å². The first-order valence-electron chi connectivity index (χ1n) is 5.35. The number of hydrogen-bond donors (Lipinski definition) is 2. The SMILES string of the molecule is NC(CCS(N)(=O)=O)C(=O)OCc1ccccc1. The Kier molecular flexibility index (Phi) is 5.26. The van der Waals surface area contributed by atoms with Crippen LogP contribution in [-0.4, -0.2) is 26.2 Å². The lowest BCUT2D eigenvalue weighted by Crippen LogP contribution is -2.35. The van der Waals surface area contributed by atoms with Crippen LogP contribution in [0.1, 0.15) is 12.0 Å². The molecule has 1 aromatic carbocycles. The molecule has 18 heavy (non-hydrogen) atoms. The molecule has 0 heterocycles. The molecule has 0 radical (unpaired) electrons. The van der Waals surface area contributed by atoms with Crippen molar-refractivity contribution in [2.45, 2.75) is 19.1 Å². The zero-order valence-electron chi connectivity index (χ0n) is 9.78. The molecule has 0 saturated carbocycles. The van der Waals surface area contributed by atoms with Crippen LogP contribution in [-0.2, 0) is 26.2 Å². The van der Waals surface area contributed by atoms with E-state index in [-0.39, 0.29) is 18.8 Å². The zero-order valence-corrected chi connectivity index (χ0v) is 10.6. The van der Waals surface area contributed by atoms with E-state index >= 15 is 0 Å². The third-order valence-corrected chi connectivity index (χ3v) is 3.04. The number of carbonyl (C=O) groups is 1. The van der Waals surface area contributed by atoms with Crippen LogP contribution >= 0.6 is 0 Å². The van der Waals surface area contributed by atoms with E-state index in [1.165, 1.54) is 0 Å². The van der Waals surface area contributed by atoms with E-state index in [1.807, 2.05) is 30.3 Å². The fourth-order valence-electron chi connectivity index (χ4n) is 1.24. The normalized spacial score (nSPS) is 13.0. The number of sulfonamides is 1. The number of nitrogens with two attached hydrogens (primary N) is 2. The van der Waals surface area contributed by atoms with Crippen LogP contribution in [0.25, 0.3) is 0 Å². The number of benzene rings is 1. The van der Waals surface area contributed by atoms with Crippen molar-refractivity contribution in [1.29, 1.82) is 0 Å². The van der Waals surface area contributed by atoms with Gasteiger partial charge in [-0.05, 0) is 12.0 Å². The standard InChI is InChI=1S/C11H16N2O4S/c12-10(6-7-18(13,15)16)11(14)17-8-9-4-2-1-3-5-9/h1-5,10H,6-8,12H2,(H2,13,15,16). The lowest BCUT2D eigenvalue weighted by atomic mass is 10.2. The fraction of sp³-hybridized carbons (Fsp3) is 0.364. The highest BCUT2D eigenvalue weighted by Crippen LogP contribution is 2.02. The van der Waals surface area contributed by atoms with Crippen molar-refractivity contribution in [3.63, 3.8) is 0 Å². The van der Waals surface area contributed by atoms with Gasteiger partial charge in [-0.3, -0.25) is 4.79 Å². The van der Waals surface area contributed by atoms with E-state index in [1.54, 1.807) is 0 Å². The van der Waals surface area contributed by atoms with Crippen molar-refractivity contribution < 1.29 is 17.9 Å². The highest BCUT2D eigenvalue weighted by molar-refractivity contribution is 7.89. The number of primary sulfonamides is 1. The second-order valence-corrected chi connectivity index (χ2v) is 5.59. The Hall–Kier alpha value is -1.44. The monoisotopic (exact) mass is 272 g/mol. The third kappa shape index (κ3) is 5.76. The first-order chi connectivity index (χ1) is 8.38. The van der Waals surface area contributed by atoms with Crippen molar-refractivity contribution in [2.75, 3.05) is 5.75 Å². The second kappa shape index (κ2) is 6.48. The average molecular weight is 272 g/mol. The van der Waals surface area contributed by atoms with Crippen LogP contribution in [0.5, 0.6) is 0 Å². The van der Waals surface area contributed by atoms with E-state index in [9.17, 15) is 13.2 Å². The summed E-state index contributed by atoms with van der Waals surface area (Å²) in [6.45, 7) is 0.114. The second-order valence-electron chi connectivity index (χ2n) is 3.86. The molecule has 1 rings (SSSR count). The van der Waals surface area contributed by atoms with Crippen molar-refractivity contribution >= 4 is 16.0 Å². The van der Waals surface area contributed by atoms with Gasteiger partial charge in [0.15, 0.2) is 0 Å². The van der Waals surface area contributed by atoms with E-state index in [0.717, 1.165) is 5.56 Å². The van der Waals surface area contributed by atoms with E-state index in [2.05, 4.69) is 0 Å². The van der Waals surface area contributed by atoms with Crippen molar-refractivity contribution in [1.82, 2.24) is 0 Å². The highest BCUT2D eigenvalue weighted by Gasteiger charge is 2.17. The van der Waals surface area contributed by atoms with Gasteiger partial charge >= 0.3 is 5.97 Å². The molecule has 1 unspecified atom stereocenters. The molecule has 0 aliphatic heterocycles. The van der Waals surface area contributed by atoms with Gasteiger partial charge in [-0.15, -0.1) is 0 Å². The summed E-state index contributed by atoms with van der Waals surface area (Å²) in [5, 5.41) is 4.81. The minimum Gasteiger partial charge on any atom is -0.460 e. The minimum atomic E-state index is -3.61. The van der Waals surface area contributed by atoms with Crippen molar-refractivity contribution in [3.8, 4) is 0 Å². The maximum absolute atomic E-state index is 11.5. The largest absolute Gasteiger partial charge is 0.460 e. The van der Waals surface area contributed by atoms with Gasteiger partial charge in [0.25, 0.3) is 0 Å². The Morgan fingerprint density at radius 1 is 1.28 bits per heavy atom. The molecule has 0 aliphatic rings. The Morgan fingerprint density at radius 3 is 2.44 bits per heavy atom. The number of rotatable bonds is 6. The minimum absolute atomic E-state index is 0.0492. The van der Waals surface area contributed by atoms with Crippen LogP contribution in [0, 0.1) is 0 Å². The molecule has 0 fully saturated rings. The van der Waals surface area contributed by atoms with Gasteiger partial charge in [-0.1, -0.05) is 30.3 Å². The van der Waals surface area contributed by atoms with Gasteiger partial charge in [0, 0.05) is 0 Å².